The van der Waals surface area contributed by atoms with E-state index >= 15 is 0 Å². The van der Waals surface area contributed by atoms with Gasteiger partial charge in [-0.2, -0.15) is 0 Å². The molecule has 0 fully saturated rings. The van der Waals surface area contributed by atoms with Crippen molar-refractivity contribution in [3.05, 3.63) is 59.7 Å². The van der Waals surface area contributed by atoms with Gasteiger partial charge in [0.05, 0.1) is 0 Å². The summed E-state index contributed by atoms with van der Waals surface area (Å²) in [6, 6.07) is 15.5. The standard InChI is InChI=1S/C18H21NO2/c1-4-15-6-5-7-16(12-15)19-18(20)14(3)21-17-10-8-13(2)9-11-17/h5-12,14H,4H2,1-3H3,(H,19,20)/t14-/m0/s1. The average Bonchev–Trinajstić information content (AvgIpc) is 2.49. The number of rotatable bonds is 5. The van der Waals surface area contributed by atoms with E-state index in [2.05, 4.69) is 12.2 Å². The maximum Gasteiger partial charge on any atom is 0.265 e. The van der Waals surface area contributed by atoms with Gasteiger partial charge in [-0.3, -0.25) is 4.79 Å². The summed E-state index contributed by atoms with van der Waals surface area (Å²) in [5, 5.41) is 2.88. The summed E-state index contributed by atoms with van der Waals surface area (Å²) in [7, 11) is 0. The monoisotopic (exact) mass is 283 g/mol. The van der Waals surface area contributed by atoms with Gasteiger partial charge in [-0.15, -0.1) is 0 Å². The van der Waals surface area contributed by atoms with Crippen LogP contribution in [0.5, 0.6) is 5.75 Å². The van der Waals surface area contributed by atoms with Crippen molar-refractivity contribution in [2.75, 3.05) is 5.32 Å². The predicted molar refractivity (Wildman–Crippen MR) is 85.7 cm³/mol. The second-order valence-electron chi connectivity index (χ2n) is 5.12. The van der Waals surface area contributed by atoms with E-state index in [9.17, 15) is 4.79 Å². The average molecular weight is 283 g/mol. The Morgan fingerprint density at radius 1 is 1.19 bits per heavy atom. The van der Waals surface area contributed by atoms with E-state index in [1.807, 2.05) is 55.5 Å². The van der Waals surface area contributed by atoms with Crippen molar-refractivity contribution in [1.82, 2.24) is 0 Å². The first-order valence-corrected chi connectivity index (χ1v) is 7.21. The molecule has 0 aliphatic carbocycles. The van der Waals surface area contributed by atoms with Crippen molar-refractivity contribution >= 4 is 11.6 Å². The lowest BCUT2D eigenvalue weighted by Crippen LogP contribution is -2.30. The van der Waals surface area contributed by atoms with Crippen LogP contribution < -0.4 is 10.1 Å². The Bertz CT molecular complexity index is 605. The smallest absolute Gasteiger partial charge is 0.265 e. The molecular formula is C18H21NO2. The number of hydrogen-bond acceptors (Lipinski definition) is 2. The normalized spacial score (nSPS) is 11.8. The lowest BCUT2D eigenvalue weighted by Gasteiger charge is -2.15. The van der Waals surface area contributed by atoms with Crippen LogP contribution in [0.4, 0.5) is 5.69 Å². The molecule has 3 heteroatoms. The first-order chi connectivity index (χ1) is 10.1. The van der Waals surface area contributed by atoms with Crippen molar-refractivity contribution in [2.24, 2.45) is 0 Å². The number of ether oxygens (including phenoxy) is 1. The molecule has 0 aliphatic rings. The molecule has 110 valence electrons. The van der Waals surface area contributed by atoms with Gasteiger partial charge in [-0.25, -0.2) is 0 Å². The molecule has 2 aromatic rings. The van der Waals surface area contributed by atoms with Crippen LogP contribution in [0.1, 0.15) is 25.0 Å². The summed E-state index contributed by atoms with van der Waals surface area (Å²) in [6.07, 6.45) is 0.400. The summed E-state index contributed by atoms with van der Waals surface area (Å²) >= 11 is 0. The third-order valence-corrected chi connectivity index (χ3v) is 3.31. The van der Waals surface area contributed by atoms with Crippen molar-refractivity contribution < 1.29 is 9.53 Å². The summed E-state index contributed by atoms with van der Waals surface area (Å²) in [5.74, 6) is 0.550. The van der Waals surface area contributed by atoms with Crippen LogP contribution in [0.3, 0.4) is 0 Å². The van der Waals surface area contributed by atoms with Gasteiger partial charge >= 0.3 is 0 Å². The van der Waals surface area contributed by atoms with Crippen molar-refractivity contribution in [3.63, 3.8) is 0 Å². The van der Waals surface area contributed by atoms with Crippen molar-refractivity contribution in [3.8, 4) is 5.75 Å². The Morgan fingerprint density at radius 2 is 1.90 bits per heavy atom. The number of anilines is 1. The molecular weight excluding hydrogens is 262 g/mol. The van der Waals surface area contributed by atoms with E-state index < -0.39 is 6.10 Å². The van der Waals surface area contributed by atoms with E-state index in [0.717, 1.165) is 17.7 Å². The van der Waals surface area contributed by atoms with Gasteiger partial charge in [0.2, 0.25) is 0 Å². The van der Waals surface area contributed by atoms with Gasteiger partial charge in [-0.05, 0) is 50.1 Å². The highest BCUT2D eigenvalue weighted by Gasteiger charge is 2.14. The van der Waals surface area contributed by atoms with Crippen LogP contribution in [0.25, 0.3) is 0 Å². The molecule has 3 nitrogen and oxygen atoms in total. The number of carbonyl (C=O) groups is 1. The van der Waals surface area contributed by atoms with E-state index in [-0.39, 0.29) is 5.91 Å². The molecule has 0 radical (unpaired) electrons. The van der Waals surface area contributed by atoms with Crippen LogP contribution in [-0.4, -0.2) is 12.0 Å². The fraction of sp³-hybridized carbons (Fsp3) is 0.278. The van der Waals surface area contributed by atoms with Gasteiger partial charge in [0.15, 0.2) is 6.10 Å². The van der Waals surface area contributed by atoms with Crippen LogP contribution in [-0.2, 0) is 11.2 Å². The molecule has 0 spiro atoms. The lowest BCUT2D eigenvalue weighted by molar-refractivity contribution is -0.122. The Balaban J connectivity index is 1.97. The molecule has 0 aromatic heterocycles. The van der Waals surface area contributed by atoms with Gasteiger partial charge < -0.3 is 10.1 Å². The minimum Gasteiger partial charge on any atom is -0.481 e. The third kappa shape index (κ3) is 4.35. The van der Waals surface area contributed by atoms with Crippen molar-refractivity contribution in [2.45, 2.75) is 33.3 Å². The number of aryl methyl sites for hydroxylation is 2. The number of amides is 1. The summed E-state index contributed by atoms with van der Waals surface area (Å²) in [5.41, 5.74) is 3.16. The summed E-state index contributed by atoms with van der Waals surface area (Å²) in [6.45, 7) is 5.85. The number of nitrogens with one attached hydrogen (secondary N) is 1. The Kier molecular flexibility index (Phi) is 4.99. The molecule has 0 bridgehead atoms. The Hall–Kier alpha value is -2.29. The maximum atomic E-state index is 12.1. The minimum atomic E-state index is -0.544. The predicted octanol–water partition coefficient (Wildman–Crippen LogP) is 3.96. The largest absolute Gasteiger partial charge is 0.481 e. The molecule has 21 heavy (non-hydrogen) atoms. The molecule has 0 heterocycles. The molecule has 2 aromatic carbocycles. The zero-order valence-corrected chi connectivity index (χ0v) is 12.7. The van der Waals surface area contributed by atoms with Gasteiger partial charge in [0.1, 0.15) is 5.75 Å². The van der Waals surface area contributed by atoms with Gasteiger partial charge in [0.25, 0.3) is 5.91 Å². The summed E-state index contributed by atoms with van der Waals surface area (Å²) in [4.78, 5) is 12.1. The van der Waals surface area contributed by atoms with Crippen LogP contribution in [0.2, 0.25) is 0 Å². The zero-order chi connectivity index (χ0) is 15.2. The third-order valence-electron chi connectivity index (χ3n) is 3.31. The summed E-state index contributed by atoms with van der Waals surface area (Å²) < 4.78 is 5.65. The second-order valence-corrected chi connectivity index (χ2v) is 5.12. The highest BCUT2D eigenvalue weighted by molar-refractivity contribution is 5.94. The molecule has 0 saturated heterocycles. The molecule has 1 atom stereocenters. The van der Waals surface area contributed by atoms with E-state index in [1.54, 1.807) is 6.92 Å². The Morgan fingerprint density at radius 3 is 2.57 bits per heavy atom. The zero-order valence-electron chi connectivity index (χ0n) is 12.7. The van der Waals surface area contributed by atoms with Crippen molar-refractivity contribution in [1.29, 1.82) is 0 Å². The second kappa shape index (κ2) is 6.93. The van der Waals surface area contributed by atoms with E-state index in [0.29, 0.717) is 5.75 Å². The molecule has 1 N–H and O–H groups in total. The molecule has 2 rings (SSSR count). The van der Waals surface area contributed by atoms with E-state index in [4.69, 9.17) is 4.74 Å². The highest BCUT2D eigenvalue weighted by atomic mass is 16.5. The highest BCUT2D eigenvalue weighted by Crippen LogP contribution is 2.15. The maximum absolute atomic E-state index is 12.1. The lowest BCUT2D eigenvalue weighted by atomic mass is 10.1. The number of hydrogen-bond donors (Lipinski definition) is 1. The van der Waals surface area contributed by atoms with Gasteiger partial charge in [0, 0.05) is 5.69 Å². The topological polar surface area (TPSA) is 38.3 Å². The van der Waals surface area contributed by atoms with Crippen LogP contribution in [0.15, 0.2) is 48.5 Å². The number of benzene rings is 2. The van der Waals surface area contributed by atoms with Gasteiger partial charge in [-0.1, -0.05) is 36.8 Å². The van der Waals surface area contributed by atoms with Crippen LogP contribution >= 0.6 is 0 Å². The number of carbonyl (C=O) groups excluding carboxylic acids is 1. The fourth-order valence-corrected chi connectivity index (χ4v) is 1.99. The first-order valence-electron chi connectivity index (χ1n) is 7.21. The molecule has 0 unspecified atom stereocenters. The first kappa shape index (κ1) is 15.1. The quantitative estimate of drug-likeness (QED) is 0.902. The van der Waals surface area contributed by atoms with E-state index in [1.165, 1.54) is 5.56 Å². The SMILES string of the molecule is CCc1cccc(NC(=O)[C@H](C)Oc2ccc(C)cc2)c1. The van der Waals surface area contributed by atoms with Crippen LogP contribution in [0, 0.1) is 6.92 Å². The Labute approximate surface area is 126 Å². The molecule has 1 amide bonds. The fourth-order valence-electron chi connectivity index (χ4n) is 1.99. The molecule has 0 saturated carbocycles. The minimum absolute atomic E-state index is 0.149. The molecule has 0 aliphatic heterocycles.